The van der Waals surface area contributed by atoms with Crippen molar-refractivity contribution in [2.24, 2.45) is 11.8 Å². The van der Waals surface area contributed by atoms with Crippen molar-refractivity contribution in [3.05, 3.63) is 0 Å². The van der Waals surface area contributed by atoms with Gasteiger partial charge in [0.1, 0.15) is 0 Å². The van der Waals surface area contributed by atoms with E-state index < -0.39 is 0 Å². The molecule has 3 nitrogen and oxygen atoms in total. The van der Waals surface area contributed by atoms with Crippen LogP contribution in [-0.4, -0.2) is 25.0 Å². The standard InChI is InChI=1S/C13H26N2O/c1-10(2)15-13(16)9-14-8-12-6-4-11(3)5-7-12/h10-12,14H,4-9H2,1-3H3,(H,15,16). The Kier molecular flexibility index (Phi) is 5.81. The van der Waals surface area contributed by atoms with E-state index in [9.17, 15) is 4.79 Å². The Morgan fingerprint density at radius 2 is 1.88 bits per heavy atom. The van der Waals surface area contributed by atoms with E-state index >= 15 is 0 Å². The van der Waals surface area contributed by atoms with Gasteiger partial charge in [0.05, 0.1) is 6.54 Å². The van der Waals surface area contributed by atoms with Gasteiger partial charge in [-0.05, 0) is 45.1 Å². The van der Waals surface area contributed by atoms with E-state index in [0.29, 0.717) is 6.54 Å². The summed E-state index contributed by atoms with van der Waals surface area (Å²) in [5, 5.41) is 6.15. The van der Waals surface area contributed by atoms with Crippen molar-refractivity contribution in [1.82, 2.24) is 10.6 Å². The molecule has 1 amide bonds. The summed E-state index contributed by atoms with van der Waals surface area (Å²) in [5.41, 5.74) is 0. The van der Waals surface area contributed by atoms with Gasteiger partial charge in [0.25, 0.3) is 0 Å². The fourth-order valence-electron chi connectivity index (χ4n) is 2.30. The zero-order chi connectivity index (χ0) is 12.0. The van der Waals surface area contributed by atoms with Crippen LogP contribution in [0.2, 0.25) is 0 Å². The molecule has 0 aliphatic heterocycles. The maximum absolute atomic E-state index is 11.4. The van der Waals surface area contributed by atoms with Crippen LogP contribution in [0.15, 0.2) is 0 Å². The van der Waals surface area contributed by atoms with E-state index in [4.69, 9.17) is 0 Å². The summed E-state index contributed by atoms with van der Waals surface area (Å²) >= 11 is 0. The Bertz CT molecular complexity index is 208. The van der Waals surface area contributed by atoms with E-state index in [1.807, 2.05) is 13.8 Å². The van der Waals surface area contributed by atoms with Crippen molar-refractivity contribution < 1.29 is 4.79 Å². The fourth-order valence-corrected chi connectivity index (χ4v) is 2.30. The zero-order valence-electron chi connectivity index (χ0n) is 10.9. The van der Waals surface area contributed by atoms with Crippen molar-refractivity contribution in [3.8, 4) is 0 Å². The number of hydrogen-bond acceptors (Lipinski definition) is 2. The Balaban J connectivity index is 2.04. The van der Waals surface area contributed by atoms with Crippen LogP contribution in [0.3, 0.4) is 0 Å². The number of carbonyl (C=O) groups excluding carboxylic acids is 1. The third-order valence-electron chi connectivity index (χ3n) is 3.30. The summed E-state index contributed by atoms with van der Waals surface area (Å²) in [4.78, 5) is 11.4. The van der Waals surface area contributed by atoms with Crippen molar-refractivity contribution in [1.29, 1.82) is 0 Å². The zero-order valence-corrected chi connectivity index (χ0v) is 10.9. The molecule has 0 aromatic carbocycles. The van der Waals surface area contributed by atoms with E-state index in [0.717, 1.165) is 18.4 Å². The first-order valence-corrected chi connectivity index (χ1v) is 6.58. The molecule has 0 aromatic rings. The van der Waals surface area contributed by atoms with Gasteiger partial charge in [0.2, 0.25) is 5.91 Å². The van der Waals surface area contributed by atoms with Crippen molar-refractivity contribution >= 4 is 5.91 Å². The normalized spacial score (nSPS) is 25.8. The highest BCUT2D eigenvalue weighted by Gasteiger charge is 2.17. The first-order chi connectivity index (χ1) is 7.58. The third kappa shape index (κ3) is 5.50. The molecule has 1 fully saturated rings. The Morgan fingerprint density at radius 1 is 1.25 bits per heavy atom. The maximum atomic E-state index is 11.4. The summed E-state index contributed by atoms with van der Waals surface area (Å²) in [5.74, 6) is 1.79. The molecule has 1 aliphatic carbocycles. The molecule has 0 unspecified atom stereocenters. The van der Waals surface area contributed by atoms with Gasteiger partial charge >= 0.3 is 0 Å². The topological polar surface area (TPSA) is 41.1 Å². The molecule has 0 saturated heterocycles. The van der Waals surface area contributed by atoms with Crippen molar-refractivity contribution in [2.75, 3.05) is 13.1 Å². The molecular formula is C13H26N2O. The minimum absolute atomic E-state index is 0.110. The highest BCUT2D eigenvalue weighted by molar-refractivity contribution is 5.78. The molecule has 0 heterocycles. The summed E-state index contributed by atoms with van der Waals surface area (Å²) < 4.78 is 0. The van der Waals surface area contributed by atoms with Crippen molar-refractivity contribution in [2.45, 2.75) is 52.5 Å². The molecule has 0 spiro atoms. The van der Waals surface area contributed by atoms with E-state index in [1.54, 1.807) is 0 Å². The molecule has 1 saturated carbocycles. The molecule has 0 radical (unpaired) electrons. The average Bonchev–Trinajstić information content (AvgIpc) is 2.20. The Morgan fingerprint density at radius 3 is 2.44 bits per heavy atom. The van der Waals surface area contributed by atoms with Crippen LogP contribution < -0.4 is 10.6 Å². The first kappa shape index (κ1) is 13.5. The lowest BCUT2D eigenvalue weighted by Crippen LogP contribution is -2.39. The smallest absolute Gasteiger partial charge is 0.234 e. The lowest BCUT2D eigenvalue weighted by Gasteiger charge is -2.26. The molecule has 16 heavy (non-hydrogen) atoms. The van der Waals surface area contributed by atoms with Crippen LogP contribution in [0.25, 0.3) is 0 Å². The SMILES string of the molecule is CC1CCC(CNCC(=O)NC(C)C)CC1. The predicted octanol–water partition coefficient (Wildman–Crippen LogP) is 1.93. The number of rotatable bonds is 5. The average molecular weight is 226 g/mol. The van der Waals surface area contributed by atoms with Gasteiger partial charge in [-0.1, -0.05) is 19.8 Å². The molecule has 3 heteroatoms. The number of hydrogen-bond donors (Lipinski definition) is 2. The highest BCUT2D eigenvalue weighted by atomic mass is 16.1. The minimum Gasteiger partial charge on any atom is -0.353 e. The predicted molar refractivity (Wildman–Crippen MR) is 67.3 cm³/mol. The maximum Gasteiger partial charge on any atom is 0.234 e. The number of amides is 1. The lowest BCUT2D eigenvalue weighted by molar-refractivity contribution is -0.120. The van der Waals surface area contributed by atoms with Crippen LogP contribution >= 0.6 is 0 Å². The van der Waals surface area contributed by atoms with E-state index in [2.05, 4.69) is 17.6 Å². The molecule has 0 aromatic heterocycles. The quantitative estimate of drug-likeness (QED) is 0.752. The summed E-state index contributed by atoms with van der Waals surface area (Å²) in [6.07, 6.45) is 5.34. The molecule has 2 N–H and O–H groups in total. The third-order valence-corrected chi connectivity index (χ3v) is 3.30. The second kappa shape index (κ2) is 6.89. The van der Waals surface area contributed by atoms with Gasteiger partial charge in [0.15, 0.2) is 0 Å². The van der Waals surface area contributed by atoms with Gasteiger partial charge < -0.3 is 10.6 Å². The summed E-state index contributed by atoms with van der Waals surface area (Å²) in [6.45, 7) is 7.77. The van der Waals surface area contributed by atoms with Gasteiger partial charge in [-0.25, -0.2) is 0 Å². The highest BCUT2D eigenvalue weighted by Crippen LogP contribution is 2.27. The second-order valence-corrected chi connectivity index (χ2v) is 5.48. The molecule has 0 atom stereocenters. The molecular weight excluding hydrogens is 200 g/mol. The first-order valence-electron chi connectivity index (χ1n) is 6.58. The molecule has 1 rings (SSSR count). The van der Waals surface area contributed by atoms with Gasteiger partial charge in [-0.2, -0.15) is 0 Å². The fraction of sp³-hybridized carbons (Fsp3) is 0.923. The van der Waals surface area contributed by atoms with E-state index in [1.165, 1.54) is 25.7 Å². The van der Waals surface area contributed by atoms with Gasteiger partial charge in [-0.15, -0.1) is 0 Å². The van der Waals surface area contributed by atoms with E-state index in [-0.39, 0.29) is 11.9 Å². The van der Waals surface area contributed by atoms with Crippen LogP contribution in [-0.2, 0) is 4.79 Å². The van der Waals surface area contributed by atoms with Gasteiger partial charge in [0, 0.05) is 6.04 Å². The van der Waals surface area contributed by atoms with Crippen LogP contribution in [0, 0.1) is 11.8 Å². The monoisotopic (exact) mass is 226 g/mol. The van der Waals surface area contributed by atoms with Crippen LogP contribution in [0.5, 0.6) is 0 Å². The molecule has 1 aliphatic rings. The number of carbonyl (C=O) groups is 1. The van der Waals surface area contributed by atoms with Crippen LogP contribution in [0.1, 0.15) is 46.5 Å². The largest absolute Gasteiger partial charge is 0.353 e. The Labute approximate surface area is 99.4 Å². The minimum atomic E-state index is 0.110. The van der Waals surface area contributed by atoms with Crippen LogP contribution in [0.4, 0.5) is 0 Å². The Hall–Kier alpha value is -0.570. The lowest BCUT2D eigenvalue weighted by atomic mass is 9.83. The molecule has 0 bridgehead atoms. The number of nitrogens with one attached hydrogen (secondary N) is 2. The second-order valence-electron chi connectivity index (χ2n) is 5.48. The summed E-state index contributed by atoms with van der Waals surface area (Å²) in [6, 6.07) is 0.241. The summed E-state index contributed by atoms with van der Waals surface area (Å²) in [7, 11) is 0. The van der Waals surface area contributed by atoms with Gasteiger partial charge in [-0.3, -0.25) is 4.79 Å². The molecule has 94 valence electrons. The van der Waals surface area contributed by atoms with Crippen molar-refractivity contribution in [3.63, 3.8) is 0 Å².